The first-order valence-electron chi connectivity index (χ1n) is 11.6. The number of ether oxygens (including phenoxy) is 1. The molecular weight excluding hydrogens is 418 g/mol. The molecule has 2 fully saturated rings. The minimum Gasteiger partial charge on any atom is -0.472 e. The summed E-state index contributed by atoms with van der Waals surface area (Å²) in [5, 5.41) is 2.23. The number of benzene rings is 2. The van der Waals surface area contributed by atoms with E-state index in [-0.39, 0.29) is 17.9 Å². The SMILES string of the molecule is O=C(c1ccc2ccccc2c1)N1CCCN(C[C@@H]2CN(C(=O)c3ccoc3)CCO2)CC1. The van der Waals surface area contributed by atoms with Crippen LogP contribution in [0, 0.1) is 0 Å². The zero-order valence-corrected chi connectivity index (χ0v) is 18.7. The highest BCUT2D eigenvalue weighted by molar-refractivity contribution is 5.98. The maximum atomic E-state index is 13.2. The van der Waals surface area contributed by atoms with E-state index >= 15 is 0 Å². The van der Waals surface area contributed by atoms with E-state index in [1.807, 2.05) is 46.2 Å². The van der Waals surface area contributed by atoms with Gasteiger partial charge in [-0.25, -0.2) is 0 Å². The summed E-state index contributed by atoms with van der Waals surface area (Å²) in [6, 6.07) is 15.7. The van der Waals surface area contributed by atoms with Crippen LogP contribution in [0.2, 0.25) is 0 Å². The fourth-order valence-corrected chi connectivity index (χ4v) is 4.73. The Kier molecular flexibility index (Phi) is 6.41. The van der Waals surface area contributed by atoms with E-state index in [9.17, 15) is 9.59 Å². The van der Waals surface area contributed by atoms with Gasteiger partial charge in [0.1, 0.15) is 6.26 Å². The van der Waals surface area contributed by atoms with Gasteiger partial charge in [-0.1, -0.05) is 30.3 Å². The second-order valence-corrected chi connectivity index (χ2v) is 8.76. The Morgan fingerprint density at radius 1 is 0.848 bits per heavy atom. The standard InChI is InChI=1S/C26H29N3O4/c30-25(22-7-6-20-4-1-2-5-21(20)16-22)28-10-3-9-27(11-12-28)17-24-18-29(13-15-33-24)26(31)23-8-14-32-19-23/h1-2,4-8,14,16,19,24H,3,9-13,15,17-18H2/t24-/m1/s1. The van der Waals surface area contributed by atoms with Crippen LogP contribution in [0.5, 0.6) is 0 Å². The number of carbonyl (C=O) groups excluding carboxylic acids is 2. The molecule has 0 aliphatic carbocycles. The molecule has 7 heteroatoms. The lowest BCUT2D eigenvalue weighted by atomic mass is 10.1. The third-order valence-electron chi connectivity index (χ3n) is 6.53. The molecule has 2 aliphatic heterocycles. The first kappa shape index (κ1) is 21.7. The fraction of sp³-hybridized carbons (Fsp3) is 0.385. The molecule has 3 heterocycles. The van der Waals surface area contributed by atoms with Gasteiger partial charge in [0, 0.05) is 44.8 Å². The number of rotatable bonds is 4. The van der Waals surface area contributed by atoms with Crippen LogP contribution >= 0.6 is 0 Å². The average Bonchev–Trinajstić information content (AvgIpc) is 3.30. The summed E-state index contributed by atoms with van der Waals surface area (Å²) in [6.07, 6.45) is 3.90. The van der Waals surface area contributed by atoms with Crippen LogP contribution in [-0.4, -0.2) is 85.0 Å². The zero-order chi connectivity index (χ0) is 22.6. The highest BCUT2D eigenvalue weighted by atomic mass is 16.5. The molecule has 33 heavy (non-hydrogen) atoms. The van der Waals surface area contributed by atoms with E-state index in [1.54, 1.807) is 6.07 Å². The van der Waals surface area contributed by atoms with Crippen molar-refractivity contribution in [3.05, 3.63) is 72.2 Å². The summed E-state index contributed by atoms with van der Waals surface area (Å²) >= 11 is 0. The quantitative estimate of drug-likeness (QED) is 0.615. The molecule has 2 aliphatic rings. The smallest absolute Gasteiger partial charge is 0.257 e. The largest absolute Gasteiger partial charge is 0.472 e. The molecule has 172 valence electrons. The van der Waals surface area contributed by atoms with Crippen LogP contribution in [0.15, 0.2) is 65.5 Å². The fourth-order valence-electron chi connectivity index (χ4n) is 4.73. The monoisotopic (exact) mass is 447 g/mol. The van der Waals surface area contributed by atoms with E-state index < -0.39 is 0 Å². The van der Waals surface area contributed by atoms with Crippen molar-refractivity contribution in [2.45, 2.75) is 12.5 Å². The van der Waals surface area contributed by atoms with Crippen molar-refractivity contribution in [2.75, 3.05) is 52.4 Å². The van der Waals surface area contributed by atoms with E-state index in [4.69, 9.17) is 9.15 Å². The number of morpholine rings is 1. The van der Waals surface area contributed by atoms with Gasteiger partial charge in [-0.05, 0) is 41.9 Å². The summed E-state index contributed by atoms with van der Waals surface area (Å²) in [5.41, 5.74) is 1.32. The summed E-state index contributed by atoms with van der Waals surface area (Å²) < 4.78 is 11.0. The van der Waals surface area contributed by atoms with Gasteiger partial charge in [-0.3, -0.25) is 14.5 Å². The molecule has 1 aromatic heterocycles. The van der Waals surface area contributed by atoms with E-state index in [0.29, 0.717) is 31.8 Å². The van der Waals surface area contributed by atoms with Crippen molar-refractivity contribution in [3.63, 3.8) is 0 Å². The number of carbonyl (C=O) groups is 2. The van der Waals surface area contributed by atoms with E-state index in [0.717, 1.165) is 48.9 Å². The van der Waals surface area contributed by atoms with Crippen molar-refractivity contribution < 1.29 is 18.7 Å². The number of fused-ring (bicyclic) bond motifs is 1. The van der Waals surface area contributed by atoms with Crippen LogP contribution in [-0.2, 0) is 4.74 Å². The van der Waals surface area contributed by atoms with E-state index in [2.05, 4.69) is 11.0 Å². The molecule has 5 rings (SSSR count). The summed E-state index contributed by atoms with van der Waals surface area (Å²) in [4.78, 5) is 31.9. The maximum absolute atomic E-state index is 13.2. The van der Waals surface area contributed by atoms with E-state index in [1.165, 1.54) is 12.5 Å². The van der Waals surface area contributed by atoms with Crippen molar-refractivity contribution in [3.8, 4) is 0 Å². The number of amides is 2. The lowest BCUT2D eigenvalue weighted by molar-refractivity contribution is -0.0353. The van der Waals surface area contributed by atoms with Crippen LogP contribution < -0.4 is 0 Å². The van der Waals surface area contributed by atoms with Gasteiger partial charge in [0.05, 0.1) is 24.5 Å². The number of hydrogen-bond acceptors (Lipinski definition) is 5. The van der Waals surface area contributed by atoms with Crippen molar-refractivity contribution >= 4 is 22.6 Å². The normalized spacial score (nSPS) is 20.1. The lowest BCUT2D eigenvalue weighted by Gasteiger charge is -2.35. The predicted octanol–water partition coefficient (Wildman–Crippen LogP) is 3.12. The minimum atomic E-state index is -0.0302. The van der Waals surface area contributed by atoms with Crippen LogP contribution in [0.3, 0.4) is 0 Å². The highest BCUT2D eigenvalue weighted by Crippen LogP contribution is 2.18. The Morgan fingerprint density at radius 2 is 1.70 bits per heavy atom. The van der Waals surface area contributed by atoms with Gasteiger partial charge in [-0.15, -0.1) is 0 Å². The molecule has 2 saturated heterocycles. The molecular formula is C26H29N3O4. The minimum absolute atomic E-state index is 0.0138. The van der Waals surface area contributed by atoms with Crippen LogP contribution in [0.1, 0.15) is 27.1 Å². The molecule has 0 unspecified atom stereocenters. The van der Waals surface area contributed by atoms with Crippen LogP contribution in [0.4, 0.5) is 0 Å². The molecule has 2 amide bonds. The summed E-state index contributed by atoms with van der Waals surface area (Å²) in [6.45, 7) is 5.61. The molecule has 0 saturated carbocycles. The third kappa shape index (κ3) is 4.94. The number of furan rings is 1. The van der Waals surface area contributed by atoms with Crippen molar-refractivity contribution in [2.24, 2.45) is 0 Å². The van der Waals surface area contributed by atoms with Gasteiger partial charge in [-0.2, -0.15) is 0 Å². The zero-order valence-electron chi connectivity index (χ0n) is 18.7. The molecule has 3 aromatic rings. The van der Waals surface area contributed by atoms with Crippen molar-refractivity contribution in [1.82, 2.24) is 14.7 Å². The molecule has 2 aromatic carbocycles. The van der Waals surface area contributed by atoms with Crippen molar-refractivity contribution in [1.29, 1.82) is 0 Å². The molecule has 0 radical (unpaired) electrons. The second-order valence-electron chi connectivity index (χ2n) is 8.76. The lowest BCUT2D eigenvalue weighted by Crippen LogP contribution is -2.50. The molecule has 0 N–H and O–H groups in total. The molecule has 7 nitrogen and oxygen atoms in total. The van der Waals surface area contributed by atoms with Gasteiger partial charge in [0.2, 0.25) is 0 Å². The summed E-state index contributed by atoms with van der Waals surface area (Å²) in [5.74, 6) is 0.0773. The van der Waals surface area contributed by atoms with Gasteiger partial charge < -0.3 is 19.0 Å². The van der Waals surface area contributed by atoms with Gasteiger partial charge in [0.25, 0.3) is 11.8 Å². The first-order chi connectivity index (χ1) is 16.2. The van der Waals surface area contributed by atoms with Gasteiger partial charge in [0.15, 0.2) is 0 Å². The topological polar surface area (TPSA) is 66.2 Å². The Balaban J connectivity index is 1.17. The number of hydrogen-bond donors (Lipinski definition) is 0. The van der Waals surface area contributed by atoms with Crippen LogP contribution in [0.25, 0.3) is 10.8 Å². The Morgan fingerprint density at radius 3 is 2.55 bits per heavy atom. The van der Waals surface area contributed by atoms with Gasteiger partial charge >= 0.3 is 0 Å². The predicted molar refractivity (Wildman–Crippen MR) is 125 cm³/mol. The Hall–Kier alpha value is -3.16. The molecule has 0 spiro atoms. The number of nitrogens with zero attached hydrogens (tertiary/aromatic N) is 3. The maximum Gasteiger partial charge on any atom is 0.257 e. The highest BCUT2D eigenvalue weighted by Gasteiger charge is 2.28. The average molecular weight is 448 g/mol. The first-order valence-corrected chi connectivity index (χ1v) is 11.6. The summed E-state index contributed by atoms with van der Waals surface area (Å²) in [7, 11) is 0. The molecule has 1 atom stereocenters. The Labute approximate surface area is 193 Å². The molecule has 0 bridgehead atoms. The third-order valence-corrected chi connectivity index (χ3v) is 6.53. The second kappa shape index (κ2) is 9.77. The Bertz CT molecular complexity index is 1110.